The lowest BCUT2D eigenvalue weighted by Crippen LogP contribution is -2.70. The molecule has 8 heteroatoms. The fourth-order valence-corrected chi connectivity index (χ4v) is 6.72. The van der Waals surface area contributed by atoms with Gasteiger partial charge in [-0.15, -0.1) is 11.8 Å². The van der Waals surface area contributed by atoms with Gasteiger partial charge in [-0.3, -0.25) is 0 Å². The van der Waals surface area contributed by atoms with Gasteiger partial charge in [-0.25, -0.2) is 14.6 Å². The van der Waals surface area contributed by atoms with Crippen molar-refractivity contribution in [3.05, 3.63) is 0 Å². The third kappa shape index (κ3) is 3.45. The number of ether oxygens (including phenoxy) is 4. The lowest BCUT2D eigenvalue weighted by molar-refractivity contribution is -0.568. The lowest BCUT2D eigenvalue weighted by Gasteiger charge is -2.60. The van der Waals surface area contributed by atoms with Gasteiger partial charge in [0.1, 0.15) is 5.44 Å². The molecule has 1 saturated carbocycles. The molecule has 7 nitrogen and oxygen atoms in total. The fourth-order valence-electron chi connectivity index (χ4n) is 5.54. The molecule has 0 N–H and O–H groups in total. The summed E-state index contributed by atoms with van der Waals surface area (Å²) in [7, 11) is 1.31. The van der Waals surface area contributed by atoms with Gasteiger partial charge in [-0.05, 0) is 56.1 Å². The van der Waals surface area contributed by atoms with E-state index in [0.717, 1.165) is 31.4 Å². The van der Waals surface area contributed by atoms with Gasteiger partial charge in [-0.2, -0.15) is 0 Å². The van der Waals surface area contributed by atoms with E-state index in [1.54, 1.807) is 11.8 Å². The highest BCUT2D eigenvalue weighted by Gasteiger charge is 2.69. The highest BCUT2D eigenvalue weighted by atomic mass is 32.2. The van der Waals surface area contributed by atoms with Crippen LogP contribution in [0.4, 0.5) is 4.79 Å². The molecule has 0 aromatic carbocycles. The van der Waals surface area contributed by atoms with Gasteiger partial charge >= 0.3 is 6.16 Å². The zero-order chi connectivity index (χ0) is 19.9. The van der Waals surface area contributed by atoms with Crippen molar-refractivity contribution in [3.8, 4) is 0 Å². The summed E-state index contributed by atoms with van der Waals surface area (Å²) in [4.78, 5) is 23.0. The summed E-state index contributed by atoms with van der Waals surface area (Å²) in [6.07, 6.45) is 3.90. The molecule has 0 radical (unpaired) electrons. The first kappa shape index (κ1) is 20.7. The van der Waals surface area contributed by atoms with E-state index in [9.17, 15) is 4.79 Å². The number of carbonyl (C=O) groups is 1. The van der Waals surface area contributed by atoms with Gasteiger partial charge in [0.15, 0.2) is 11.9 Å². The molecule has 4 aliphatic heterocycles. The number of fused-ring (bicyclic) bond motifs is 2. The molecule has 5 fully saturated rings. The smallest absolute Gasteiger partial charge is 0.438 e. The van der Waals surface area contributed by atoms with Gasteiger partial charge in [0, 0.05) is 12.3 Å². The zero-order valence-electron chi connectivity index (χ0n) is 17.2. The average molecular weight is 417 g/mol. The molecule has 160 valence electrons. The highest BCUT2D eigenvalue weighted by Crippen LogP contribution is 2.61. The molecule has 1 aliphatic carbocycles. The van der Waals surface area contributed by atoms with E-state index in [1.807, 2.05) is 6.92 Å². The van der Waals surface area contributed by atoms with Crippen LogP contribution in [0, 0.1) is 23.7 Å². The molecule has 0 amide bonds. The van der Waals surface area contributed by atoms with Crippen LogP contribution in [0.15, 0.2) is 0 Å². The van der Waals surface area contributed by atoms with E-state index < -0.39 is 23.8 Å². The summed E-state index contributed by atoms with van der Waals surface area (Å²) in [5, 5.41) is 0. The van der Waals surface area contributed by atoms with E-state index in [1.165, 1.54) is 13.5 Å². The Morgan fingerprint density at radius 2 is 2.00 bits per heavy atom. The molecule has 0 unspecified atom stereocenters. The van der Waals surface area contributed by atoms with Gasteiger partial charge in [-0.1, -0.05) is 13.8 Å². The minimum Gasteiger partial charge on any atom is -0.438 e. The molecule has 28 heavy (non-hydrogen) atoms. The normalized spacial score (nSPS) is 47.1. The van der Waals surface area contributed by atoms with Crippen molar-refractivity contribution in [2.24, 2.45) is 23.7 Å². The summed E-state index contributed by atoms with van der Waals surface area (Å²) in [5.74, 6) is 1.74. The number of thioether (sulfide) groups is 1. The van der Waals surface area contributed by atoms with Crippen LogP contribution < -0.4 is 0 Å². The van der Waals surface area contributed by atoms with E-state index in [4.69, 9.17) is 24.0 Å². The topological polar surface area (TPSA) is 72.5 Å². The summed E-state index contributed by atoms with van der Waals surface area (Å²) < 4.78 is 22.3. The molecule has 0 aromatic heterocycles. The molecule has 5 rings (SSSR count). The quantitative estimate of drug-likeness (QED) is 0.377. The molecule has 2 bridgehead atoms. The summed E-state index contributed by atoms with van der Waals surface area (Å²) in [6, 6.07) is 0. The van der Waals surface area contributed by atoms with E-state index in [2.05, 4.69) is 18.6 Å². The largest absolute Gasteiger partial charge is 0.507 e. The molecule has 4 saturated heterocycles. The number of carbonyl (C=O) groups excluding carboxylic acids is 1. The molecular formula is C20H32O7S. The standard InChI is InChI=1S/C20H32O7S/c1-12-6-7-15-13(2)16(28-11-5-10-23-18(21)22-4)24-17-20(15)14(12)8-9-19(3,25-17)26-27-20/h12-17H,5-11H2,1-4H3/t12-,13-,14+,15+,16+,17-,19-,20-/m1/s1. The summed E-state index contributed by atoms with van der Waals surface area (Å²) >= 11 is 1.76. The van der Waals surface area contributed by atoms with Crippen molar-refractivity contribution in [2.75, 3.05) is 19.5 Å². The Bertz CT molecular complexity index is 589. The number of rotatable bonds is 5. The van der Waals surface area contributed by atoms with Crippen LogP contribution in [0.1, 0.15) is 52.9 Å². The van der Waals surface area contributed by atoms with Crippen molar-refractivity contribution in [2.45, 2.75) is 76.0 Å². The molecular weight excluding hydrogens is 384 g/mol. The number of hydrogen-bond acceptors (Lipinski definition) is 8. The monoisotopic (exact) mass is 416 g/mol. The maximum Gasteiger partial charge on any atom is 0.507 e. The van der Waals surface area contributed by atoms with Crippen LogP contribution in [0.5, 0.6) is 0 Å². The first-order chi connectivity index (χ1) is 13.4. The van der Waals surface area contributed by atoms with Gasteiger partial charge in [0.05, 0.1) is 13.7 Å². The predicted octanol–water partition coefficient (Wildman–Crippen LogP) is 4.10. The van der Waals surface area contributed by atoms with Crippen molar-refractivity contribution in [1.29, 1.82) is 0 Å². The second kappa shape index (κ2) is 7.95. The number of hydrogen-bond donors (Lipinski definition) is 0. The molecule has 0 aromatic rings. The van der Waals surface area contributed by atoms with E-state index >= 15 is 0 Å². The zero-order valence-corrected chi connectivity index (χ0v) is 18.0. The van der Waals surface area contributed by atoms with E-state index in [0.29, 0.717) is 30.3 Å². The minimum absolute atomic E-state index is 0.0272. The Balaban J connectivity index is 1.45. The third-order valence-corrected chi connectivity index (χ3v) is 8.45. The summed E-state index contributed by atoms with van der Waals surface area (Å²) in [6.45, 7) is 6.88. The Morgan fingerprint density at radius 1 is 1.18 bits per heavy atom. The summed E-state index contributed by atoms with van der Waals surface area (Å²) in [5.41, 5.74) is -0.475. The Morgan fingerprint density at radius 3 is 2.79 bits per heavy atom. The average Bonchev–Trinajstić information content (AvgIpc) is 2.91. The molecule has 8 atom stereocenters. The first-order valence-electron chi connectivity index (χ1n) is 10.4. The van der Waals surface area contributed by atoms with Crippen LogP contribution in [-0.4, -0.2) is 48.7 Å². The lowest BCUT2D eigenvalue weighted by atomic mass is 9.58. The van der Waals surface area contributed by atoms with Gasteiger partial charge in [0.2, 0.25) is 5.79 Å². The maximum absolute atomic E-state index is 11.0. The van der Waals surface area contributed by atoms with Crippen molar-refractivity contribution in [3.63, 3.8) is 0 Å². The number of methoxy groups -OCH3 is 1. The maximum atomic E-state index is 11.0. The van der Waals surface area contributed by atoms with Crippen molar-refractivity contribution < 1.29 is 33.5 Å². The van der Waals surface area contributed by atoms with Crippen LogP contribution in [0.3, 0.4) is 0 Å². The predicted molar refractivity (Wildman–Crippen MR) is 102 cm³/mol. The van der Waals surface area contributed by atoms with E-state index in [-0.39, 0.29) is 5.44 Å². The SMILES string of the molecule is COC(=O)OCCCS[C@@H]1O[C@@H]2O[C@@]3(C)CC[C@H]4[C@H](C)CC[C@@H]([C@H]1C)[C@@]24OO3. The Labute approximate surface area is 171 Å². The van der Waals surface area contributed by atoms with Crippen molar-refractivity contribution in [1.82, 2.24) is 0 Å². The highest BCUT2D eigenvalue weighted by molar-refractivity contribution is 7.99. The van der Waals surface area contributed by atoms with Crippen LogP contribution in [-0.2, 0) is 28.7 Å². The third-order valence-electron chi connectivity index (χ3n) is 7.05. The Hall–Kier alpha value is -0.540. The molecule has 1 spiro atoms. The van der Waals surface area contributed by atoms with Crippen LogP contribution >= 0.6 is 11.8 Å². The van der Waals surface area contributed by atoms with Gasteiger partial charge in [0.25, 0.3) is 0 Å². The van der Waals surface area contributed by atoms with Crippen LogP contribution in [0.25, 0.3) is 0 Å². The van der Waals surface area contributed by atoms with Crippen molar-refractivity contribution >= 4 is 17.9 Å². The first-order valence-corrected chi connectivity index (χ1v) is 11.5. The fraction of sp³-hybridized carbons (Fsp3) is 0.950. The van der Waals surface area contributed by atoms with Gasteiger partial charge < -0.3 is 18.9 Å². The molecule has 5 aliphatic rings. The Kier molecular flexibility index (Phi) is 5.88. The van der Waals surface area contributed by atoms with Crippen LogP contribution in [0.2, 0.25) is 0 Å². The molecule has 4 heterocycles. The minimum atomic E-state index is -0.734. The second-order valence-electron chi connectivity index (χ2n) is 8.80. The second-order valence-corrected chi connectivity index (χ2v) is 10.0.